The van der Waals surface area contributed by atoms with E-state index in [9.17, 15) is 9.59 Å². The molecule has 6 nitrogen and oxygen atoms in total. The van der Waals surface area contributed by atoms with Crippen molar-refractivity contribution in [3.63, 3.8) is 0 Å². The van der Waals surface area contributed by atoms with Crippen LogP contribution in [0.1, 0.15) is 20.9 Å². The molecular weight excluding hydrogens is 292 g/mol. The van der Waals surface area contributed by atoms with E-state index in [-0.39, 0.29) is 17.2 Å². The normalized spacial score (nSPS) is 10.1. The van der Waals surface area contributed by atoms with E-state index in [0.717, 1.165) is 22.6 Å². The molecule has 0 aliphatic heterocycles. The van der Waals surface area contributed by atoms with Gasteiger partial charge in [0.25, 0.3) is 0 Å². The number of carbonyl (C=O) groups is 2. The maximum atomic E-state index is 11.8. The van der Waals surface area contributed by atoms with Crippen molar-refractivity contribution in [3.05, 3.63) is 45.9 Å². The predicted octanol–water partition coefficient (Wildman–Crippen LogP) is 1.71. The molecule has 2 aromatic rings. The Morgan fingerprint density at radius 3 is 2.67 bits per heavy atom. The molecule has 0 unspecified atom stereocenters. The quantitative estimate of drug-likeness (QED) is 0.848. The predicted molar refractivity (Wildman–Crippen MR) is 77.6 cm³/mol. The lowest BCUT2D eigenvalue weighted by atomic mass is 10.2. The van der Waals surface area contributed by atoms with Gasteiger partial charge >= 0.3 is 5.97 Å². The number of amides is 1. The zero-order chi connectivity index (χ0) is 15.2. The largest absolute Gasteiger partial charge is 0.497 e. The standard InChI is InChI=1S/C14H14N2O4S/c1-20-10-4-2-9(3-5-10)7-15-12(17)6-11-13(14(18)19)21-8-16-11/h2-5,8H,6-7H2,1H3,(H,15,17)(H,18,19). The summed E-state index contributed by atoms with van der Waals surface area (Å²) in [7, 11) is 1.59. The first-order valence-electron chi connectivity index (χ1n) is 6.15. The fourth-order valence-corrected chi connectivity index (χ4v) is 2.37. The highest BCUT2D eigenvalue weighted by Crippen LogP contribution is 2.14. The van der Waals surface area contributed by atoms with Crippen molar-refractivity contribution in [2.24, 2.45) is 0 Å². The van der Waals surface area contributed by atoms with Gasteiger partial charge in [-0.15, -0.1) is 11.3 Å². The Labute approximate surface area is 125 Å². The van der Waals surface area contributed by atoms with Crippen LogP contribution in [0.2, 0.25) is 0 Å². The van der Waals surface area contributed by atoms with Crippen LogP contribution in [0.15, 0.2) is 29.8 Å². The molecular formula is C14H14N2O4S. The maximum Gasteiger partial charge on any atom is 0.347 e. The van der Waals surface area contributed by atoms with E-state index in [1.165, 1.54) is 5.51 Å². The zero-order valence-electron chi connectivity index (χ0n) is 11.3. The minimum atomic E-state index is -1.06. The Kier molecular flexibility index (Phi) is 4.89. The van der Waals surface area contributed by atoms with Gasteiger partial charge in [0.15, 0.2) is 0 Å². The van der Waals surface area contributed by atoms with Crippen LogP contribution in [0.4, 0.5) is 0 Å². The van der Waals surface area contributed by atoms with Crippen LogP contribution in [-0.2, 0) is 17.8 Å². The Morgan fingerprint density at radius 1 is 1.33 bits per heavy atom. The molecule has 0 bridgehead atoms. The number of hydrogen-bond donors (Lipinski definition) is 2. The number of carboxylic acids is 1. The monoisotopic (exact) mass is 306 g/mol. The van der Waals surface area contributed by atoms with Crippen LogP contribution >= 0.6 is 11.3 Å². The third-order valence-electron chi connectivity index (χ3n) is 2.81. The van der Waals surface area contributed by atoms with E-state index in [2.05, 4.69) is 10.3 Å². The molecule has 1 aromatic carbocycles. The Hall–Kier alpha value is -2.41. The van der Waals surface area contributed by atoms with Crippen molar-refractivity contribution in [2.45, 2.75) is 13.0 Å². The summed E-state index contributed by atoms with van der Waals surface area (Å²) in [5.41, 5.74) is 2.65. The van der Waals surface area contributed by atoms with E-state index >= 15 is 0 Å². The van der Waals surface area contributed by atoms with Gasteiger partial charge in [-0.3, -0.25) is 4.79 Å². The van der Waals surface area contributed by atoms with Crippen molar-refractivity contribution < 1.29 is 19.4 Å². The average molecular weight is 306 g/mol. The first-order valence-corrected chi connectivity index (χ1v) is 7.03. The lowest BCUT2D eigenvalue weighted by molar-refractivity contribution is -0.120. The van der Waals surface area contributed by atoms with E-state index in [1.54, 1.807) is 7.11 Å². The SMILES string of the molecule is COc1ccc(CNC(=O)Cc2ncsc2C(=O)O)cc1. The minimum absolute atomic E-state index is 0.0404. The fraction of sp³-hybridized carbons (Fsp3) is 0.214. The van der Waals surface area contributed by atoms with Crippen LogP contribution in [0.25, 0.3) is 0 Å². The Morgan fingerprint density at radius 2 is 2.05 bits per heavy atom. The van der Waals surface area contributed by atoms with Crippen molar-refractivity contribution in [1.29, 1.82) is 0 Å². The van der Waals surface area contributed by atoms with Crippen LogP contribution in [0.5, 0.6) is 5.75 Å². The number of nitrogens with one attached hydrogen (secondary N) is 1. The van der Waals surface area contributed by atoms with Crippen molar-refractivity contribution >= 4 is 23.2 Å². The molecule has 2 rings (SSSR count). The van der Waals surface area contributed by atoms with Gasteiger partial charge in [0.1, 0.15) is 10.6 Å². The minimum Gasteiger partial charge on any atom is -0.497 e. The van der Waals surface area contributed by atoms with Gasteiger partial charge in [-0.2, -0.15) is 0 Å². The Balaban J connectivity index is 1.89. The third-order valence-corrected chi connectivity index (χ3v) is 3.67. The molecule has 0 saturated heterocycles. The second kappa shape index (κ2) is 6.85. The van der Waals surface area contributed by atoms with Gasteiger partial charge in [-0.05, 0) is 17.7 Å². The fourth-order valence-electron chi connectivity index (χ4n) is 1.73. The van der Waals surface area contributed by atoms with Crippen LogP contribution < -0.4 is 10.1 Å². The van der Waals surface area contributed by atoms with E-state index in [0.29, 0.717) is 12.2 Å². The summed E-state index contributed by atoms with van der Waals surface area (Å²) in [4.78, 5) is 26.8. The third kappa shape index (κ3) is 4.03. The number of hydrogen-bond acceptors (Lipinski definition) is 5. The number of thiazole rings is 1. The summed E-state index contributed by atoms with van der Waals surface area (Å²) in [5, 5.41) is 11.7. The van der Waals surface area contributed by atoms with Gasteiger partial charge in [0, 0.05) is 6.54 Å². The van der Waals surface area contributed by atoms with Gasteiger partial charge in [0.2, 0.25) is 5.91 Å². The summed E-state index contributed by atoms with van der Waals surface area (Å²) < 4.78 is 5.05. The summed E-state index contributed by atoms with van der Waals surface area (Å²) >= 11 is 1.01. The number of carboxylic acid groups (broad SMARTS) is 1. The van der Waals surface area contributed by atoms with Crippen LogP contribution in [0, 0.1) is 0 Å². The molecule has 21 heavy (non-hydrogen) atoms. The number of carbonyl (C=O) groups excluding carboxylic acids is 1. The molecule has 0 fully saturated rings. The summed E-state index contributed by atoms with van der Waals surface area (Å²) in [6.45, 7) is 0.370. The highest BCUT2D eigenvalue weighted by atomic mass is 32.1. The molecule has 0 radical (unpaired) electrons. The molecule has 0 aliphatic rings. The molecule has 1 amide bonds. The number of benzene rings is 1. The molecule has 1 heterocycles. The van der Waals surface area contributed by atoms with Crippen LogP contribution in [-0.4, -0.2) is 29.1 Å². The van der Waals surface area contributed by atoms with Gasteiger partial charge in [0.05, 0.1) is 24.7 Å². The average Bonchev–Trinajstić information content (AvgIpc) is 2.94. The molecule has 0 atom stereocenters. The summed E-state index contributed by atoms with van der Waals surface area (Å²) in [5.74, 6) is -0.576. The van der Waals surface area contributed by atoms with E-state index in [4.69, 9.17) is 9.84 Å². The number of ether oxygens (including phenoxy) is 1. The van der Waals surface area contributed by atoms with E-state index < -0.39 is 5.97 Å². The summed E-state index contributed by atoms with van der Waals surface area (Å²) in [6.07, 6.45) is -0.0404. The lowest BCUT2D eigenvalue weighted by Crippen LogP contribution is -2.25. The molecule has 7 heteroatoms. The molecule has 0 saturated carbocycles. The van der Waals surface area contributed by atoms with Crippen molar-refractivity contribution in [2.75, 3.05) is 7.11 Å². The maximum absolute atomic E-state index is 11.8. The zero-order valence-corrected chi connectivity index (χ0v) is 12.1. The second-order valence-corrected chi connectivity index (χ2v) is 5.09. The number of rotatable bonds is 6. The van der Waals surface area contributed by atoms with Crippen LogP contribution in [0.3, 0.4) is 0 Å². The number of aromatic carboxylic acids is 1. The second-order valence-electron chi connectivity index (χ2n) is 4.23. The first-order chi connectivity index (χ1) is 10.1. The number of nitrogens with zero attached hydrogens (tertiary/aromatic N) is 1. The smallest absolute Gasteiger partial charge is 0.347 e. The van der Waals surface area contributed by atoms with Gasteiger partial charge in [-0.25, -0.2) is 9.78 Å². The Bertz CT molecular complexity index is 637. The topological polar surface area (TPSA) is 88.5 Å². The van der Waals surface area contributed by atoms with Gasteiger partial charge in [-0.1, -0.05) is 12.1 Å². The highest BCUT2D eigenvalue weighted by molar-refractivity contribution is 7.11. The van der Waals surface area contributed by atoms with Crippen molar-refractivity contribution in [3.8, 4) is 5.75 Å². The highest BCUT2D eigenvalue weighted by Gasteiger charge is 2.16. The molecule has 2 N–H and O–H groups in total. The lowest BCUT2D eigenvalue weighted by Gasteiger charge is -2.06. The molecule has 0 spiro atoms. The molecule has 110 valence electrons. The summed E-state index contributed by atoms with van der Waals surface area (Å²) in [6, 6.07) is 7.32. The molecule has 0 aliphatic carbocycles. The van der Waals surface area contributed by atoms with E-state index in [1.807, 2.05) is 24.3 Å². The number of methoxy groups -OCH3 is 1. The number of aromatic nitrogens is 1. The first kappa shape index (κ1) is 15.0. The van der Waals surface area contributed by atoms with Crippen molar-refractivity contribution in [1.82, 2.24) is 10.3 Å². The molecule has 1 aromatic heterocycles. The van der Waals surface area contributed by atoms with Gasteiger partial charge < -0.3 is 15.2 Å².